The fourth-order valence-electron chi connectivity index (χ4n) is 4.19. The van der Waals surface area contributed by atoms with Gasteiger partial charge in [0.05, 0.1) is 5.69 Å². The Bertz CT molecular complexity index is 889. The SMILES string of the molecule is c1ccc(Cc2cccc(-c3ncc4c(n3)C3CCC4C3)n2)cc1. The van der Waals surface area contributed by atoms with Crippen molar-refractivity contribution in [2.24, 2.45) is 0 Å². The number of benzene rings is 1. The molecule has 3 heteroatoms. The van der Waals surface area contributed by atoms with Crippen molar-refractivity contribution in [1.82, 2.24) is 15.0 Å². The lowest BCUT2D eigenvalue weighted by atomic mass is 9.97. The number of aromatic nitrogens is 3. The van der Waals surface area contributed by atoms with Crippen LogP contribution >= 0.6 is 0 Å². The first-order chi connectivity index (χ1) is 11.9. The standard InChI is InChI=1S/C21H19N3/c1-2-5-14(6-3-1)11-17-7-4-8-19(23-17)21-22-13-18-15-9-10-16(12-15)20(18)24-21/h1-8,13,15-16H,9-12H2. The Balaban J connectivity index is 1.47. The fourth-order valence-corrected chi connectivity index (χ4v) is 4.19. The molecule has 1 saturated carbocycles. The van der Waals surface area contributed by atoms with Crippen LogP contribution in [-0.4, -0.2) is 15.0 Å². The molecule has 2 heterocycles. The minimum atomic E-state index is 0.652. The molecular formula is C21H19N3. The lowest BCUT2D eigenvalue weighted by molar-refractivity contribution is 0.692. The summed E-state index contributed by atoms with van der Waals surface area (Å²) < 4.78 is 0. The summed E-state index contributed by atoms with van der Waals surface area (Å²) in [7, 11) is 0. The monoisotopic (exact) mass is 313 g/mol. The van der Waals surface area contributed by atoms with Crippen LogP contribution in [0.25, 0.3) is 11.5 Å². The van der Waals surface area contributed by atoms with Gasteiger partial charge in [-0.1, -0.05) is 36.4 Å². The Hall–Kier alpha value is -2.55. The smallest absolute Gasteiger partial charge is 0.178 e. The quantitative estimate of drug-likeness (QED) is 0.715. The van der Waals surface area contributed by atoms with E-state index in [2.05, 4.69) is 41.4 Å². The zero-order valence-corrected chi connectivity index (χ0v) is 13.5. The van der Waals surface area contributed by atoms with Crippen molar-refractivity contribution < 1.29 is 0 Å². The van der Waals surface area contributed by atoms with Gasteiger partial charge in [0, 0.05) is 24.2 Å². The van der Waals surface area contributed by atoms with E-state index >= 15 is 0 Å². The highest BCUT2D eigenvalue weighted by atomic mass is 14.9. The van der Waals surface area contributed by atoms with Crippen LogP contribution in [0.15, 0.2) is 54.7 Å². The summed E-state index contributed by atoms with van der Waals surface area (Å²) in [4.78, 5) is 14.3. The molecule has 1 aromatic carbocycles. The van der Waals surface area contributed by atoms with Crippen LogP contribution in [0.1, 0.15) is 53.6 Å². The number of fused-ring (bicyclic) bond motifs is 5. The number of hydrogen-bond acceptors (Lipinski definition) is 3. The first-order valence-electron chi connectivity index (χ1n) is 8.74. The molecule has 0 amide bonds. The van der Waals surface area contributed by atoms with E-state index in [0.29, 0.717) is 11.8 Å². The van der Waals surface area contributed by atoms with Crippen molar-refractivity contribution in [3.05, 3.63) is 77.2 Å². The van der Waals surface area contributed by atoms with Crippen LogP contribution in [-0.2, 0) is 6.42 Å². The van der Waals surface area contributed by atoms with Crippen LogP contribution in [0, 0.1) is 0 Å². The highest BCUT2D eigenvalue weighted by molar-refractivity contribution is 5.51. The molecule has 2 aliphatic rings. The maximum absolute atomic E-state index is 4.88. The lowest BCUT2D eigenvalue weighted by Crippen LogP contribution is -2.05. The maximum Gasteiger partial charge on any atom is 0.178 e. The summed E-state index contributed by atoms with van der Waals surface area (Å²) in [5.74, 6) is 2.13. The van der Waals surface area contributed by atoms with E-state index in [1.807, 2.05) is 18.3 Å². The van der Waals surface area contributed by atoms with Crippen LogP contribution in [0.3, 0.4) is 0 Å². The summed E-state index contributed by atoms with van der Waals surface area (Å²) in [6, 6.07) is 16.6. The van der Waals surface area contributed by atoms with Crippen LogP contribution in [0.5, 0.6) is 0 Å². The third-order valence-corrected chi connectivity index (χ3v) is 5.37. The van der Waals surface area contributed by atoms with Gasteiger partial charge in [0.1, 0.15) is 5.69 Å². The molecule has 2 aliphatic carbocycles. The van der Waals surface area contributed by atoms with E-state index in [9.17, 15) is 0 Å². The van der Waals surface area contributed by atoms with E-state index in [1.54, 1.807) is 0 Å². The van der Waals surface area contributed by atoms with Crippen molar-refractivity contribution in [3.8, 4) is 11.5 Å². The van der Waals surface area contributed by atoms with E-state index in [4.69, 9.17) is 9.97 Å². The van der Waals surface area contributed by atoms with Gasteiger partial charge < -0.3 is 0 Å². The summed E-state index contributed by atoms with van der Waals surface area (Å²) in [6.07, 6.45) is 6.76. The molecule has 5 rings (SSSR count). The second-order valence-corrected chi connectivity index (χ2v) is 6.92. The molecule has 0 spiro atoms. The molecule has 0 N–H and O–H groups in total. The van der Waals surface area contributed by atoms with Crippen molar-refractivity contribution >= 4 is 0 Å². The molecule has 0 radical (unpaired) electrons. The van der Waals surface area contributed by atoms with Gasteiger partial charge >= 0.3 is 0 Å². The molecule has 2 aromatic heterocycles. The summed E-state index contributed by atoms with van der Waals surface area (Å²) in [5, 5.41) is 0. The minimum Gasteiger partial charge on any atom is -0.249 e. The Morgan fingerprint density at radius 3 is 2.67 bits per heavy atom. The predicted octanol–water partition coefficient (Wildman–Crippen LogP) is 4.49. The number of nitrogens with zero attached hydrogens (tertiary/aromatic N) is 3. The molecule has 2 bridgehead atoms. The second-order valence-electron chi connectivity index (χ2n) is 6.92. The first-order valence-corrected chi connectivity index (χ1v) is 8.74. The molecule has 0 saturated heterocycles. The van der Waals surface area contributed by atoms with E-state index < -0.39 is 0 Å². The third kappa shape index (κ3) is 2.32. The normalized spacial score (nSPS) is 21.0. The molecule has 2 atom stereocenters. The Morgan fingerprint density at radius 1 is 0.875 bits per heavy atom. The molecule has 24 heavy (non-hydrogen) atoms. The van der Waals surface area contributed by atoms with E-state index in [0.717, 1.165) is 23.6 Å². The van der Waals surface area contributed by atoms with Gasteiger partial charge in [0.15, 0.2) is 5.82 Å². The van der Waals surface area contributed by atoms with Crippen molar-refractivity contribution in [3.63, 3.8) is 0 Å². The zero-order chi connectivity index (χ0) is 15.9. The summed E-state index contributed by atoms with van der Waals surface area (Å²) >= 11 is 0. The molecule has 0 aliphatic heterocycles. The molecule has 118 valence electrons. The first kappa shape index (κ1) is 13.8. The average Bonchev–Trinajstić information content (AvgIpc) is 3.25. The van der Waals surface area contributed by atoms with Gasteiger partial charge in [-0.2, -0.15) is 0 Å². The lowest BCUT2D eigenvalue weighted by Gasteiger charge is -2.14. The number of rotatable bonds is 3. The molecular weight excluding hydrogens is 294 g/mol. The zero-order valence-electron chi connectivity index (χ0n) is 13.5. The Morgan fingerprint density at radius 2 is 1.75 bits per heavy atom. The predicted molar refractivity (Wildman–Crippen MR) is 93.8 cm³/mol. The van der Waals surface area contributed by atoms with Gasteiger partial charge in [-0.15, -0.1) is 0 Å². The van der Waals surface area contributed by atoms with E-state index in [-0.39, 0.29) is 0 Å². The second kappa shape index (κ2) is 5.52. The summed E-state index contributed by atoms with van der Waals surface area (Å²) in [5.41, 5.74) is 5.88. The van der Waals surface area contributed by atoms with Crippen molar-refractivity contribution in [2.75, 3.05) is 0 Å². The third-order valence-electron chi connectivity index (χ3n) is 5.37. The van der Waals surface area contributed by atoms with Crippen molar-refractivity contribution in [2.45, 2.75) is 37.5 Å². The molecule has 3 nitrogen and oxygen atoms in total. The molecule has 2 unspecified atom stereocenters. The van der Waals surface area contributed by atoms with Gasteiger partial charge in [0.2, 0.25) is 0 Å². The van der Waals surface area contributed by atoms with Gasteiger partial charge in [-0.05, 0) is 48.4 Å². The van der Waals surface area contributed by atoms with Crippen LogP contribution < -0.4 is 0 Å². The Labute approximate surface area is 141 Å². The molecule has 3 aromatic rings. The van der Waals surface area contributed by atoms with Gasteiger partial charge in [-0.25, -0.2) is 15.0 Å². The highest BCUT2D eigenvalue weighted by Gasteiger charge is 2.38. The average molecular weight is 313 g/mol. The summed E-state index contributed by atoms with van der Waals surface area (Å²) in [6.45, 7) is 0. The van der Waals surface area contributed by atoms with E-state index in [1.165, 1.54) is 36.1 Å². The number of pyridine rings is 1. The highest BCUT2D eigenvalue weighted by Crippen LogP contribution is 2.52. The minimum absolute atomic E-state index is 0.652. The fraction of sp³-hybridized carbons (Fsp3) is 0.286. The Kier molecular flexibility index (Phi) is 3.18. The van der Waals surface area contributed by atoms with Crippen LogP contribution in [0.4, 0.5) is 0 Å². The van der Waals surface area contributed by atoms with Gasteiger partial charge in [0.25, 0.3) is 0 Å². The number of hydrogen-bond donors (Lipinski definition) is 0. The largest absolute Gasteiger partial charge is 0.249 e. The topological polar surface area (TPSA) is 38.7 Å². The van der Waals surface area contributed by atoms with Crippen LogP contribution in [0.2, 0.25) is 0 Å². The maximum atomic E-state index is 4.88. The molecule has 1 fully saturated rings. The van der Waals surface area contributed by atoms with Crippen molar-refractivity contribution in [1.29, 1.82) is 0 Å². The van der Waals surface area contributed by atoms with Gasteiger partial charge in [-0.3, -0.25) is 0 Å².